The molecule has 0 aromatic carbocycles. The molecule has 19 heteroatoms. The maximum Gasteiger partial charge on any atom is 0.351 e. The van der Waals surface area contributed by atoms with Crippen LogP contribution in [-0.2, 0) is 20.7 Å². The number of nitrogens with two attached hydrogens (primary N) is 3. The summed E-state index contributed by atoms with van der Waals surface area (Å²) in [7, 11) is 0. The van der Waals surface area contributed by atoms with Crippen LogP contribution in [0.5, 0.6) is 0 Å². The number of carboxylic acid groups (broad SMARTS) is 1. The molecule has 2 saturated heterocycles. The molecule has 5 heterocycles. The van der Waals surface area contributed by atoms with Crippen LogP contribution < -0.4 is 22.9 Å². The van der Waals surface area contributed by atoms with Gasteiger partial charge in [0.15, 0.2) is 17.7 Å². The number of aliphatic carboxylic acids is 1. The van der Waals surface area contributed by atoms with E-state index in [1.54, 1.807) is 0 Å². The number of hydrogen-bond donors (Lipinski definition) is 8. The number of nitrogens with zero attached hydrogens (tertiary/aromatic N) is 7. The lowest BCUT2D eigenvalue weighted by molar-refractivity contribution is -0.138. The molecule has 2 aliphatic rings. The average Bonchev–Trinajstić information content (AvgIpc) is 3.68. The third-order valence-electron chi connectivity index (χ3n) is 8.19. The number of carbonyl (C=O) groups is 1. The largest absolute Gasteiger partial charge is 0.480 e. The monoisotopic (exact) mass is 634 g/mol. The summed E-state index contributed by atoms with van der Waals surface area (Å²) < 4.78 is 14.4. The summed E-state index contributed by atoms with van der Waals surface area (Å²) in [5.41, 5.74) is 18.2. The van der Waals surface area contributed by atoms with Crippen molar-refractivity contribution in [1.29, 1.82) is 0 Å². The molecule has 11 N–H and O–H groups in total. The molecule has 5 rings (SSSR count). The predicted octanol–water partition coefficient (Wildman–Crippen LogP) is -3.46. The fourth-order valence-corrected chi connectivity index (χ4v) is 5.62. The summed E-state index contributed by atoms with van der Waals surface area (Å²) in [6.45, 7) is 0.333. The van der Waals surface area contributed by atoms with Crippen molar-refractivity contribution >= 4 is 28.8 Å². The molecule has 0 spiro atoms. The molecule has 1 unspecified atom stereocenters. The van der Waals surface area contributed by atoms with Crippen LogP contribution in [0.15, 0.2) is 23.6 Å². The highest BCUT2D eigenvalue weighted by Crippen LogP contribution is 2.33. The van der Waals surface area contributed by atoms with Gasteiger partial charge in [0.05, 0.1) is 19.0 Å². The molecular weight excluding hydrogens is 596 g/mol. The van der Waals surface area contributed by atoms with Crippen LogP contribution in [0, 0.1) is 0 Å². The number of carboxylic acids is 1. The second kappa shape index (κ2) is 13.7. The lowest BCUT2D eigenvalue weighted by atomic mass is 10.1. The Kier molecular flexibility index (Phi) is 9.89. The van der Waals surface area contributed by atoms with E-state index in [0.717, 1.165) is 0 Å². The summed E-state index contributed by atoms with van der Waals surface area (Å²) >= 11 is 0. The van der Waals surface area contributed by atoms with E-state index in [1.165, 1.54) is 28.0 Å². The Hall–Kier alpha value is -3.82. The molecular formula is C26H38N10O9. The Morgan fingerprint density at radius 1 is 1.07 bits per heavy atom. The van der Waals surface area contributed by atoms with E-state index < -0.39 is 67.3 Å². The fraction of sp³-hybridized carbons (Fsp3) is 0.615. The van der Waals surface area contributed by atoms with Crippen LogP contribution >= 0.6 is 0 Å². The second-order valence-electron chi connectivity index (χ2n) is 11.2. The number of rotatable bonds is 13. The number of aromatic nitrogens is 6. The topological polar surface area (TPSA) is 296 Å². The van der Waals surface area contributed by atoms with Crippen LogP contribution in [0.4, 0.5) is 11.6 Å². The zero-order valence-electron chi connectivity index (χ0n) is 24.2. The van der Waals surface area contributed by atoms with Gasteiger partial charge in [0.1, 0.15) is 54.3 Å². The van der Waals surface area contributed by atoms with Gasteiger partial charge in [-0.25, -0.2) is 19.7 Å². The highest BCUT2D eigenvalue weighted by molar-refractivity contribution is 5.81. The third kappa shape index (κ3) is 6.89. The maximum atomic E-state index is 12.5. The summed E-state index contributed by atoms with van der Waals surface area (Å²) in [5.74, 6) is -0.969. The molecule has 0 amide bonds. The molecule has 0 radical (unpaired) electrons. The van der Waals surface area contributed by atoms with Gasteiger partial charge in [-0.3, -0.25) is 13.9 Å². The lowest BCUT2D eigenvalue weighted by Crippen LogP contribution is -2.43. The van der Waals surface area contributed by atoms with E-state index in [2.05, 4.69) is 19.9 Å². The first-order valence-corrected chi connectivity index (χ1v) is 14.5. The number of imidazole rings is 1. The predicted molar refractivity (Wildman–Crippen MR) is 155 cm³/mol. The molecule has 3 aromatic heterocycles. The molecule has 0 aliphatic carbocycles. The van der Waals surface area contributed by atoms with Crippen LogP contribution in [0.25, 0.3) is 11.2 Å². The van der Waals surface area contributed by atoms with Crippen molar-refractivity contribution in [3.05, 3.63) is 34.9 Å². The van der Waals surface area contributed by atoms with Gasteiger partial charge in [-0.05, 0) is 25.8 Å². The number of anilines is 2. The van der Waals surface area contributed by atoms with E-state index in [9.17, 15) is 35.1 Å². The molecule has 3 aromatic rings. The third-order valence-corrected chi connectivity index (χ3v) is 8.19. The molecule has 8 atom stereocenters. The van der Waals surface area contributed by atoms with Gasteiger partial charge in [-0.1, -0.05) is 0 Å². The number of aliphatic hydroxyl groups excluding tert-OH is 4. The zero-order chi connectivity index (χ0) is 32.4. The van der Waals surface area contributed by atoms with Crippen LogP contribution in [0.3, 0.4) is 0 Å². The quantitative estimate of drug-likeness (QED) is 0.0906. The van der Waals surface area contributed by atoms with Crippen molar-refractivity contribution in [3.63, 3.8) is 0 Å². The second-order valence-corrected chi connectivity index (χ2v) is 11.2. The minimum absolute atomic E-state index is 0.0328. The van der Waals surface area contributed by atoms with Crippen molar-refractivity contribution in [3.8, 4) is 0 Å². The van der Waals surface area contributed by atoms with Gasteiger partial charge in [0, 0.05) is 31.3 Å². The highest BCUT2D eigenvalue weighted by atomic mass is 16.6. The molecule has 45 heavy (non-hydrogen) atoms. The van der Waals surface area contributed by atoms with Crippen molar-refractivity contribution in [1.82, 2.24) is 34.0 Å². The first kappa shape index (κ1) is 32.6. The Morgan fingerprint density at radius 2 is 1.84 bits per heavy atom. The van der Waals surface area contributed by atoms with Crippen LogP contribution in [0.2, 0.25) is 0 Å². The number of hydrogen-bond acceptors (Lipinski definition) is 16. The fourth-order valence-electron chi connectivity index (χ4n) is 5.62. The summed E-state index contributed by atoms with van der Waals surface area (Å²) in [4.78, 5) is 41.9. The number of aryl methyl sites for hydroxylation is 1. The van der Waals surface area contributed by atoms with Crippen molar-refractivity contribution < 1.29 is 39.8 Å². The van der Waals surface area contributed by atoms with Gasteiger partial charge in [0.2, 0.25) is 0 Å². The van der Waals surface area contributed by atoms with Gasteiger partial charge in [-0.2, -0.15) is 4.98 Å². The standard InChI is InChI=1S/C26H38N10O9/c27-13(25(41)42)3-5-34(4-1-2-12-7-35(26(43)33-21(12)28)17-6-14(38)16(9-37)44-17)8-15-19(39)20(40)24(45-15)36-11-32-18-22(29)30-10-31-23(18)36/h7,10-11,13-17,19-20,24,37-40H,1-6,8-9,27H2,(H,41,42)(H2,28,33,43)(H2,29,30,31)/t13?,14-,15+,16+,17-,19+,20+,24+/m0/s1. The van der Waals surface area contributed by atoms with Crippen molar-refractivity contribution in [2.75, 3.05) is 37.7 Å². The summed E-state index contributed by atoms with van der Waals surface area (Å²) in [6.07, 6.45) is -1.92. The number of nitrogen functional groups attached to an aromatic ring is 2. The first-order valence-electron chi connectivity index (χ1n) is 14.5. The van der Waals surface area contributed by atoms with E-state index in [-0.39, 0.29) is 37.6 Å². The Bertz CT molecular complexity index is 1550. The SMILES string of the molecule is Nc1nc(=O)n([C@@H]2C[C@H](O)[C@@H](CO)O2)cc1CCCN(CCC(N)C(=O)O)C[C@H]1O[C@@H](n2cnc3c(N)ncnc32)[C@H](O)[C@@H]1O. The van der Waals surface area contributed by atoms with E-state index in [1.807, 2.05) is 4.90 Å². The van der Waals surface area contributed by atoms with Gasteiger partial charge in [0.25, 0.3) is 0 Å². The summed E-state index contributed by atoms with van der Waals surface area (Å²) in [6, 6.07) is -1.12. The van der Waals surface area contributed by atoms with Crippen LogP contribution in [-0.4, -0.2) is 128 Å². The molecule has 0 saturated carbocycles. The zero-order valence-corrected chi connectivity index (χ0v) is 24.2. The normalized spacial score (nSPS) is 27.5. The molecule has 2 fully saturated rings. The van der Waals surface area contributed by atoms with Gasteiger partial charge < -0.3 is 57.1 Å². The Morgan fingerprint density at radius 3 is 2.56 bits per heavy atom. The van der Waals surface area contributed by atoms with Gasteiger partial charge >= 0.3 is 11.7 Å². The molecule has 0 bridgehead atoms. The maximum absolute atomic E-state index is 12.5. The minimum atomic E-state index is -1.33. The highest BCUT2D eigenvalue weighted by Gasteiger charge is 2.45. The molecule has 2 aliphatic heterocycles. The lowest BCUT2D eigenvalue weighted by Gasteiger charge is -2.27. The number of aliphatic hydroxyl groups is 4. The van der Waals surface area contributed by atoms with Crippen LogP contribution in [0.1, 0.15) is 37.3 Å². The number of ether oxygens (including phenoxy) is 2. The molecule has 246 valence electrons. The average molecular weight is 635 g/mol. The number of fused-ring (bicyclic) bond motifs is 1. The Balaban J connectivity index is 1.27. The molecule has 19 nitrogen and oxygen atoms in total. The smallest absolute Gasteiger partial charge is 0.351 e. The van der Waals surface area contributed by atoms with Crippen molar-refractivity contribution in [2.45, 2.75) is 74.7 Å². The minimum Gasteiger partial charge on any atom is -0.480 e. The summed E-state index contributed by atoms with van der Waals surface area (Å²) in [5, 5.41) is 50.5. The van der Waals surface area contributed by atoms with Gasteiger partial charge in [-0.15, -0.1) is 0 Å². The Labute approximate surface area is 255 Å². The first-order chi connectivity index (χ1) is 21.5. The van der Waals surface area contributed by atoms with Crippen molar-refractivity contribution in [2.24, 2.45) is 5.73 Å². The van der Waals surface area contributed by atoms with E-state index in [0.29, 0.717) is 36.1 Å². The van der Waals surface area contributed by atoms with E-state index >= 15 is 0 Å². The van der Waals surface area contributed by atoms with E-state index in [4.69, 9.17) is 26.7 Å².